The lowest BCUT2D eigenvalue weighted by Crippen LogP contribution is -2.21. The lowest BCUT2D eigenvalue weighted by atomic mass is 9.91. The van der Waals surface area contributed by atoms with Gasteiger partial charge in [0.15, 0.2) is 0 Å². The molecule has 2 heteroatoms. The molecule has 1 N–H and O–H groups in total. The van der Waals surface area contributed by atoms with Gasteiger partial charge in [-0.3, -0.25) is 4.79 Å². The average Bonchev–Trinajstić information content (AvgIpc) is 2.39. The highest BCUT2D eigenvalue weighted by Gasteiger charge is 2.23. The van der Waals surface area contributed by atoms with Crippen molar-refractivity contribution >= 4 is 5.97 Å². The Morgan fingerprint density at radius 2 is 1.45 bits per heavy atom. The molecule has 0 saturated heterocycles. The third kappa shape index (κ3) is 12.4. The summed E-state index contributed by atoms with van der Waals surface area (Å²) in [5.41, 5.74) is 0.907. The van der Waals surface area contributed by atoms with E-state index in [1.54, 1.807) is 13.8 Å². The lowest BCUT2D eigenvalue weighted by Gasteiger charge is -2.14. The van der Waals surface area contributed by atoms with Crippen LogP contribution in [0.25, 0.3) is 0 Å². The highest BCUT2D eigenvalue weighted by atomic mass is 16.4. The van der Waals surface area contributed by atoms with Crippen LogP contribution in [0.5, 0.6) is 0 Å². The predicted molar refractivity (Wildman–Crippen MR) is 104 cm³/mol. The molecule has 0 radical (unpaired) electrons. The Balaban J connectivity index is -0.0000000756. The molecule has 1 unspecified atom stereocenters. The van der Waals surface area contributed by atoms with Crippen LogP contribution in [-0.4, -0.2) is 11.1 Å². The Morgan fingerprint density at radius 1 is 1.05 bits per heavy atom. The zero-order valence-electron chi connectivity index (χ0n) is 12.2. The van der Waals surface area contributed by atoms with Crippen molar-refractivity contribution in [1.29, 1.82) is 0 Å². The highest BCUT2D eigenvalue weighted by Crippen LogP contribution is 2.18. The number of hydrogen-bond donors (Lipinski definition) is 1. The van der Waals surface area contributed by atoms with Crippen LogP contribution < -0.4 is 0 Å². The van der Waals surface area contributed by atoms with Gasteiger partial charge in [-0.05, 0) is 38.2 Å². The maximum atomic E-state index is 10.3. The smallest absolute Gasteiger partial charge is 0.309 e. The van der Waals surface area contributed by atoms with Crippen molar-refractivity contribution in [2.75, 3.05) is 0 Å². The van der Waals surface area contributed by atoms with E-state index in [9.17, 15) is 4.79 Å². The van der Waals surface area contributed by atoms with Gasteiger partial charge in [0, 0.05) is 0 Å². The molecule has 2 nitrogen and oxygen atoms in total. The number of carboxylic acids is 1. The first-order valence-corrected chi connectivity index (χ1v) is 6.63. The third-order valence-corrected chi connectivity index (χ3v) is 3.44. The van der Waals surface area contributed by atoms with Crippen LogP contribution in [-0.2, 0) is 4.79 Å². The van der Waals surface area contributed by atoms with Crippen LogP contribution in [0.4, 0.5) is 0 Å². The first-order chi connectivity index (χ1) is 8.35. The van der Waals surface area contributed by atoms with E-state index >= 15 is 0 Å². The quantitative estimate of drug-likeness (QED) is 0.635. The van der Waals surface area contributed by atoms with Gasteiger partial charge in [0.2, 0.25) is 0 Å². The van der Waals surface area contributed by atoms with Crippen LogP contribution in [0.15, 0.2) is 30.3 Å². The lowest BCUT2D eigenvalue weighted by molar-refractivity contribution is -0.147. The van der Waals surface area contributed by atoms with Gasteiger partial charge >= 0.3 is 5.97 Å². The van der Waals surface area contributed by atoms with E-state index in [1.165, 1.54) is 12.0 Å². The Labute approximate surface area is 141 Å². The van der Waals surface area contributed by atoms with Crippen LogP contribution in [0.2, 0.25) is 0 Å². The van der Waals surface area contributed by atoms with Gasteiger partial charge in [0.1, 0.15) is 0 Å². The molecule has 0 aromatic heterocycles. The van der Waals surface area contributed by atoms with Crippen LogP contribution in [0.1, 0.15) is 88.6 Å². The van der Waals surface area contributed by atoms with E-state index < -0.39 is 11.4 Å². The second-order valence-electron chi connectivity index (χ2n) is 5.26. The second kappa shape index (κ2) is 16.1. The minimum Gasteiger partial charge on any atom is -0.481 e. The van der Waals surface area contributed by atoms with E-state index in [0.717, 1.165) is 0 Å². The summed E-state index contributed by atoms with van der Waals surface area (Å²) < 4.78 is 0. The number of carbonyl (C=O) groups is 1. The fourth-order valence-corrected chi connectivity index (χ4v) is 1.17. The van der Waals surface area contributed by atoms with Crippen molar-refractivity contribution in [2.45, 2.75) is 83.1 Å². The van der Waals surface area contributed by atoms with Gasteiger partial charge in [0.05, 0.1) is 5.41 Å². The molecular formula is C20H42O2. The molecule has 0 bridgehead atoms. The molecule has 0 aliphatic rings. The Bertz CT molecular complexity index is 342. The molecule has 0 aliphatic heterocycles. The Kier molecular flexibility index (Phi) is 23.8. The normalized spacial score (nSPS) is 10.0. The van der Waals surface area contributed by atoms with Crippen LogP contribution >= 0.6 is 0 Å². The highest BCUT2D eigenvalue weighted by molar-refractivity contribution is 5.73. The molecule has 0 heterocycles. The summed E-state index contributed by atoms with van der Waals surface area (Å²) >= 11 is 0. The summed E-state index contributed by atoms with van der Waals surface area (Å²) in [7, 11) is 0. The molecule has 22 heavy (non-hydrogen) atoms. The maximum absolute atomic E-state index is 10.3. The minimum absolute atomic E-state index is 0. The summed E-state index contributed by atoms with van der Waals surface area (Å²) in [6.45, 7) is 9.78. The van der Waals surface area contributed by atoms with Gasteiger partial charge in [-0.25, -0.2) is 0 Å². The number of carboxylic acid groups (broad SMARTS) is 1. The molecule has 0 aliphatic carbocycles. The molecule has 0 fully saturated rings. The topological polar surface area (TPSA) is 37.3 Å². The van der Waals surface area contributed by atoms with Crippen molar-refractivity contribution in [3.05, 3.63) is 35.9 Å². The molecule has 1 aromatic carbocycles. The number of rotatable bonds is 4. The number of benzene rings is 1. The van der Waals surface area contributed by atoms with Crippen molar-refractivity contribution < 1.29 is 9.90 Å². The largest absolute Gasteiger partial charge is 0.481 e. The van der Waals surface area contributed by atoms with E-state index in [-0.39, 0.29) is 29.7 Å². The Morgan fingerprint density at radius 3 is 1.68 bits per heavy atom. The van der Waals surface area contributed by atoms with E-state index in [2.05, 4.69) is 44.2 Å². The average molecular weight is 315 g/mol. The monoisotopic (exact) mass is 314 g/mol. The zero-order chi connectivity index (χ0) is 14.2. The van der Waals surface area contributed by atoms with Gasteiger partial charge in [-0.15, -0.1) is 0 Å². The third-order valence-electron chi connectivity index (χ3n) is 3.44. The second-order valence-corrected chi connectivity index (χ2v) is 5.26. The summed E-state index contributed by atoms with van der Waals surface area (Å²) in [6.07, 6.45) is 1.91. The van der Waals surface area contributed by atoms with Crippen molar-refractivity contribution in [2.24, 2.45) is 5.41 Å². The fraction of sp³-hybridized carbons (Fsp3) is 0.650. The van der Waals surface area contributed by atoms with Crippen molar-refractivity contribution in [1.82, 2.24) is 0 Å². The fourth-order valence-electron chi connectivity index (χ4n) is 1.17. The van der Waals surface area contributed by atoms with Gasteiger partial charge in [-0.2, -0.15) is 0 Å². The molecule has 1 atom stereocenters. The Hall–Kier alpha value is -1.31. The SMILES string of the molecule is C.C.C.C.CCC(C)(C)C(=O)O.CCC(C)c1ccccc1. The van der Waals surface area contributed by atoms with Crippen molar-refractivity contribution in [3.8, 4) is 0 Å². The van der Waals surface area contributed by atoms with E-state index in [4.69, 9.17) is 5.11 Å². The summed E-state index contributed by atoms with van der Waals surface area (Å²) in [5.74, 6) is -0.0128. The molecule has 0 spiro atoms. The molecule has 134 valence electrons. The maximum Gasteiger partial charge on any atom is 0.309 e. The first-order valence-electron chi connectivity index (χ1n) is 6.63. The summed E-state index contributed by atoms with van der Waals surface area (Å²) in [5, 5.41) is 8.44. The standard InChI is InChI=1S/C10H14.C6H12O2.4CH4/c1-3-9(2)10-7-5-4-6-8-10;1-4-6(2,3)5(7)8;;;;/h4-9H,3H2,1-2H3;4H2,1-3H3,(H,7,8);4*1H4. The molecule has 0 saturated carbocycles. The molecule has 1 aromatic rings. The number of hydrogen-bond acceptors (Lipinski definition) is 1. The van der Waals surface area contributed by atoms with Crippen molar-refractivity contribution in [3.63, 3.8) is 0 Å². The van der Waals surface area contributed by atoms with E-state index in [1.807, 2.05) is 6.92 Å². The van der Waals surface area contributed by atoms with Crippen LogP contribution in [0, 0.1) is 5.41 Å². The van der Waals surface area contributed by atoms with E-state index in [0.29, 0.717) is 12.3 Å². The summed E-state index contributed by atoms with van der Waals surface area (Å²) in [6, 6.07) is 10.6. The predicted octanol–water partition coefficient (Wildman–Crippen LogP) is 7.25. The summed E-state index contributed by atoms with van der Waals surface area (Å²) in [4.78, 5) is 10.3. The molecular weight excluding hydrogens is 272 g/mol. The van der Waals surface area contributed by atoms with Crippen LogP contribution in [0.3, 0.4) is 0 Å². The van der Waals surface area contributed by atoms with Gasteiger partial charge in [0.25, 0.3) is 0 Å². The number of aliphatic carboxylic acids is 1. The minimum atomic E-state index is -0.722. The van der Waals surface area contributed by atoms with Gasteiger partial charge in [-0.1, -0.05) is 80.8 Å². The molecule has 1 rings (SSSR count). The zero-order valence-corrected chi connectivity index (χ0v) is 12.2. The molecule has 0 amide bonds. The van der Waals surface area contributed by atoms with Gasteiger partial charge < -0.3 is 5.11 Å². The first kappa shape index (κ1) is 32.6.